The van der Waals surface area contributed by atoms with E-state index in [1.54, 1.807) is 0 Å². The molecule has 0 radical (unpaired) electrons. The summed E-state index contributed by atoms with van der Waals surface area (Å²) in [7, 11) is 4.29. The van der Waals surface area contributed by atoms with Crippen LogP contribution in [-0.2, 0) is 0 Å². The number of anilines is 2. The standard InChI is InChI=1S/C15H23N3/c1-16-13(12-7-8-12)11-18-10-9-17(2)14-5-3-4-6-15(14)18/h3-6,12-13,16H,7-11H2,1-2H3. The molecule has 3 heteroatoms. The lowest BCUT2D eigenvalue weighted by Gasteiger charge is -2.38. The molecule has 1 atom stereocenters. The van der Waals surface area contributed by atoms with E-state index in [1.165, 1.54) is 24.2 Å². The zero-order valence-electron chi connectivity index (χ0n) is 11.4. The van der Waals surface area contributed by atoms with Gasteiger partial charge in [0.1, 0.15) is 0 Å². The molecule has 1 fully saturated rings. The Labute approximate surface area is 110 Å². The van der Waals surface area contributed by atoms with Crippen molar-refractivity contribution in [3.05, 3.63) is 24.3 Å². The van der Waals surface area contributed by atoms with Crippen LogP contribution >= 0.6 is 0 Å². The third-order valence-electron chi connectivity index (χ3n) is 4.32. The van der Waals surface area contributed by atoms with Gasteiger partial charge in [0.05, 0.1) is 11.4 Å². The second-order valence-electron chi connectivity index (χ2n) is 5.59. The van der Waals surface area contributed by atoms with Crippen molar-refractivity contribution in [2.75, 3.05) is 43.5 Å². The summed E-state index contributed by atoms with van der Waals surface area (Å²) in [5, 5.41) is 3.50. The maximum atomic E-state index is 3.50. The Morgan fingerprint density at radius 1 is 1.22 bits per heavy atom. The molecule has 0 bridgehead atoms. The first-order valence-electron chi connectivity index (χ1n) is 7.02. The smallest absolute Gasteiger partial charge is 0.0605 e. The second-order valence-corrected chi connectivity index (χ2v) is 5.59. The summed E-state index contributed by atoms with van der Waals surface area (Å²) in [5.41, 5.74) is 2.77. The van der Waals surface area contributed by atoms with E-state index in [-0.39, 0.29) is 0 Å². The van der Waals surface area contributed by atoms with Crippen LogP contribution in [-0.4, -0.2) is 39.8 Å². The molecule has 0 amide bonds. The lowest BCUT2D eigenvalue weighted by atomic mass is 10.1. The average Bonchev–Trinajstić information content (AvgIpc) is 3.23. The Morgan fingerprint density at radius 3 is 2.61 bits per heavy atom. The molecule has 1 saturated carbocycles. The molecule has 3 nitrogen and oxygen atoms in total. The van der Waals surface area contributed by atoms with E-state index >= 15 is 0 Å². The summed E-state index contributed by atoms with van der Waals surface area (Å²) in [6.45, 7) is 3.41. The molecule has 1 aromatic carbocycles. The fourth-order valence-corrected chi connectivity index (χ4v) is 2.97. The number of benzene rings is 1. The van der Waals surface area contributed by atoms with Gasteiger partial charge in [0.25, 0.3) is 0 Å². The molecule has 1 aromatic rings. The SMILES string of the molecule is CNC(CN1CCN(C)c2ccccc21)C1CC1. The predicted molar refractivity (Wildman–Crippen MR) is 77.5 cm³/mol. The third kappa shape index (κ3) is 2.19. The van der Waals surface area contributed by atoms with Crippen molar-refractivity contribution in [2.45, 2.75) is 18.9 Å². The van der Waals surface area contributed by atoms with E-state index in [0.717, 1.165) is 25.6 Å². The third-order valence-corrected chi connectivity index (χ3v) is 4.32. The van der Waals surface area contributed by atoms with Gasteiger partial charge < -0.3 is 15.1 Å². The van der Waals surface area contributed by atoms with Gasteiger partial charge in [0.2, 0.25) is 0 Å². The second kappa shape index (κ2) is 4.81. The van der Waals surface area contributed by atoms with Gasteiger partial charge in [-0.15, -0.1) is 0 Å². The highest BCUT2D eigenvalue weighted by molar-refractivity contribution is 5.73. The Balaban J connectivity index is 1.79. The minimum Gasteiger partial charge on any atom is -0.371 e. The Kier molecular flexibility index (Phi) is 3.16. The lowest BCUT2D eigenvalue weighted by molar-refractivity contribution is 0.491. The summed E-state index contributed by atoms with van der Waals surface area (Å²) in [6, 6.07) is 9.42. The van der Waals surface area contributed by atoms with E-state index in [9.17, 15) is 0 Å². The van der Waals surface area contributed by atoms with Gasteiger partial charge in [-0.2, -0.15) is 0 Å². The number of hydrogen-bond acceptors (Lipinski definition) is 3. The maximum absolute atomic E-state index is 3.50. The number of rotatable bonds is 4. The predicted octanol–water partition coefficient (Wildman–Crippen LogP) is 1.94. The zero-order chi connectivity index (χ0) is 12.5. The summed E-state index contributed by atoms with van der Waals surface area (Å²) in [6.07, 6.45) is 2.81. The van der Waals surface area contributed by atoms with E-state index in [0.29, 0.717) is 6.04 Å². The van der Waals surface area contributed by atoms with Gasteiger partial charge in [-0.3, -0.25) is 0 Å². The molecular formula is C15H23N3. The van der Waals surface area contributed by atoms with Gasteiger partial charge in [-0.05, 0) is 37.9 Å². The van der Waals surface area contributed by atoms with Crippen LogP contribution in [0.1, 0.15) is 12.8 Å². The molecule has 98 valence electrons. The Morgan fingerprint density at radius 2 is 1.94 bits per heavy atom. The molecule has 18 heavy (non-hydrogen) atoms. The van der Waals surface area contributed by atoms with Crippen LogP contribution in [0.4, 0.5) is 11.4 Å². The fraction of sp³-hybridized carbons (Fsp3) is 0.600. The van der Waals surface area contributed by atoms with Crippen molar-refractivity contribution in [3.63, 3.8) is 0 Å². The van der Waals surface area contributed by atoms with E-state index in [2.05, 4.69) is 53.5 Å². The van der Waals surface area contributed by atoms with Gasteiger partial charge >= 0.3 is 0 Å². The number of fused-ring (bicyclic) bond motifs is 1. The molecule has 3 rings (SSSR count). The maximum Gasteiger partial charge on any atom is 0.0605 e. The highest BCUT2D eigenvalue weighted by Crippen LogP contribution is 2.36. The summed E-state index contributed by atoms with van der Waals surface area (Å²) >= 11 is 0. The van der Waals surface area contributed by atoms with Crippen molar-refractivity contribution in [1.82, 2.24) is 5.32 Å². The quantitative estimate of drug-likeness (QED) is 0.874. The molecular weight excluding hydrogens is 222 g/mol. The van der Waals surface area contributed by atoms with Gasteiger partial charge in [0, 0.05) is 32.7 Å². The minimum absolute atomic E-state index is 0.654. The number of nitrogens with one attached hydrogen (secondary N) is 1. The molecule has 1 heterocycles. The van der Waals surface area contributed by atoms with Crippen LogP contribution in [0.15, 0.2) is 24.3 Å². The zero-order valence-corrected chi connectivity index (χ0v) is 11.4. The van der Waals surface area contributed by atoms with Crippen molar-refractivity contribution in [2.24, 2.45) is 5.92 Å². The molecule has 1 aliphatic carbocycles. The van der Waals surface area contributed by atoms with Crippen molar-refractivity contribution in [3.8, 4) is 0 Å². The van der Waals surface area contributed by atoms with E-state index in [4.69, 9.17) is 0 Å². The van der Waals surface area contributed by atoms with Crippen molar-refractivity contribution < 1.29 is 0 Å². The number of nitrogens with zero attached hydrogens (tertiary/aromatic N) is 2. The lowest BCUT2D eigenvalue weighted by Crippen LogP contribution is -2.46. The number of para-hydroxylation sites is 2. The highest BCUT2D eigenvalue weighted by atomic mass is 15.3. The monoisotopic (exact) mass is 245 g/mol. The minimum atomic E-state index is 0.654. The first-order valence-corrected chi connectivity index (χ1v) is 7.02. The normalized spacial score (nSPS) is 20.8. The van der Waals surface area contributed by atoms with Gasteiger partial charge in [-0.1, -0.05) is 12.1 Å². The van der Waals surface area contributed by atoms with Crippen LogP contribution in [0, 0.1) is 5.92 Å². The van der Waals surface area contributed by atoms with Crippen molar-refractivity contribution >= 4 is 11.4 Å². The molecule has 1 N–H and O–H groups in total. The molecule has 1 aliphatic heterocycles. The average molecular weight is 245 g/mol. The van der Waals surface area contributed by atoms with E-state index in [1.807, 2.05) is 0 Å². The van der Waals surface area contributed by atoms with Gasteiger partial charge in [0.15, 0.2) is 0 Å². The summed E-state index contributed by atoms with van der Waals surface area (Å²) in [5.74, 6) is 0.904. The summed E-state index contributed by atoms with van der Waals surface area (Å²) in [4.78, 5) is 4.91. The Hall–Kier alpha value is -1.22. The van der Waals surface area contributed by atoms with Crippen LogP contribution in [0.2, 0.25) is 0 Å². The van der Waals surface area contributed by atoms with Gasteiger partial charge in [-0.25, -0.2) is 0 Å². The molecule has 0 spiro atoms. The topological polar surface area (TPSA) is 18.5 Å². The van der Waals surface area contributed by atoms with Crippen LogP contribution in [0.5, 0.6) is 0 Å². The molecule has 2 aliphatic rings. The number of hydrogen-bond donors (Lipinski definition) is 1. The first-order chi connectivity index (χ1) is 8.79. The molecule has 0 saturated heterocycles. The van der Waals surface area contributed by atoms with Crippen LogP contribution in [0.3, 0.4) is 0 Å². The Bertz CT molecular complexity index is 414. The van der Waals surface area contributed by atoms with Crippen molar-refractivity contribution in [1.29, 1.82) is 0 Å². The number of likely N-dealkylation sites (N-methyl/N-ethyl adjacent to an activating group) is 2. The fourth-order valence-electron chi connectivity index (χ4n) is 2.97. The van der Waals surface area contributed by atoms with E-state index < -0.39 is 0 Å². The molecule has 1 unspecified atom stereocenters. The van der Waals surface area contributed by atoms with Crippen LogP contribution < -0.4 is 15.1 Å². The summed E-state index contributed by atoms with van der Waals surface area (Å²) < 4.78 is 0. The molecule has 0 aromatic heterocycles. The van der Waals surface area contributed by atoms with Crippen LogP contribution in [0.25, 0.3) is 0 Å². The highest BCUT2D eigenvalue weighted by Gasteiger charge is 2.32. The first kappa shape index (κ1) is 11.8. The largest absolute Gasteiger partial charge is 0.371 e.